The summed E-state index contributed by atoms with van der Waals surface area (Å²) in [6.45, 7) is 4.30. The molecular formula is C8H16O3. The van der Waals surface area contributed by atoms with E-state index in [0.29, 0.717) is 13.0 Å². The first kappa shape index (κ1) is 10.4. The van der Waals surface area contributed by atoms with E-state index in [1.54, 1.807) is 7.11 Å². The minimum atomic E-state index is -0.142. The molecule has 0 aromatic heterocycles. The Kier molecular flexibility index (Phi) is 5.84. The van der Waals surface area contributed by atoms with Gasteiger partial charge in [-0.2, -0.15) is 0 Å². The van der Waals surface area contributed by atoms with Crippen LogP contribution in [0.3, 0.4) is 0 Å². The lowest BCUT2D eigenvalue weighted by atomic mass is 10.3. The highest BCUT2D eigenvalue weighted by atomic mass is 16.5. The average molecular weight is 160 g/mol. The molecule has 0 amide bonds. The van der Waals surface area contributed by atoms with Crippen LogP contribution in [0.4, 0.5) is 0 Å². The van der Waals surface area contributed by atoms with Crippen LogP contribution >= 0.6 is 0 Å². The molecule has 0 saturated heterocycles. The van der Waals surface area contributed by atoms with Gasteiger partial charge < -0.3 is 9.47 Å². The molecule has 0 rings (SSSR count). The van der Waals surface area contributed by atoms with E-state index < -0.39 is 0 Å². The molecule has 3 nitrogen and oxygen atoms in total. The number of rotatable bonds is 5. The maximum atomic E-state index is 10.9. The number of carbonyl (C=O) groups excluding carboxylic acids is 1. The van der Waals surface area contributed by atoms with Crippen LogP contribution in [0.2, 0.25) is 0 Å². The summed E-state index contributed by atoms with van der Waals surface area (Å²) in [6.07, 6.45) is 1.18. The van der Waals surface area contributed by atoms with Gasteiger partial charge in [-0.05, 0) is 20.3 Å². The van der Waals surface area contributed by atoms with Crippen LogP contribution in [0.5, 0.6) is 0 Å². The van der Waals surface area contributed by atoms with Crippen LogP contribution in [0.15, 0.2) is 0 Å². The van der Waals surface area contributed by atoms with E-state index in [9.17, 15) is 4.79 Å². The Morgan fingerprint density at radius 3 is 2.55 bits per heavy atom. The third-order valence-electron chi connectivity index (χ3n) is 1.10. The third-order valence-corrected chi connectivity index (χ3v) is 1.10. The number of methoxy groups -OCH3 is 1. The smallest absolute Gasteiger partial charge is 0.306 e. The number of carbonyl (C=O) groups is 1. The van der Waals surface area contributed by atoms with Crippen LogP contribution < -0.4 is 0 Å². The summed E-state index contributed by atoms with van der Waals surface area (Å²) in [7, 11) is 1.62. The summed E-state index contributed by atoms with van der Waals surface area (Å²) < 4.78 is 9.69. The lowest BCUT2D eigenvalue weighted by Gasteiger charge is -2.06. The van der Waals surface area contributed by atoms with Gasteiger partial charge in [0.1, 0.15) is 0 Å². The Hall–Kier alpha value is -0.570. The molecule has 0 atom stereocenters. The first-order valence-corrected chi connectivity index (χ1v) is 3.85. The molecule has 66 valence electrons. The highest BCUT2D eigenvalue weighted by Gasteiger charge is 2.03. The zero-order valence-corrected chi connectivity index (χ0v) is 7.42. The van der Waals surface area contributed by atoms with Crippen molar-refractivity contribution < 1.29 is 14.3 Å². The molecule has 0 heterocycles. The van der Waals surface area contributed by atoms with E-state index in [4.69, 9.17) is 9.47 Å². The number of esters is 1. The fourth-order valence-corrected chi connectivity index (χ4v) is 0.683. The standard InChI is InChI=1S/C8H16O3/c1-7(2)11-8(9)5-4-6-10-3/h7H,4-6H2,1-3H3. The largest absolute Gasteiger partial charge is 0.463 e. The predicted octanol–water partition coefficient (Wildman–Crippen LogP) is 1.36. The van der Waals surface area contributed by atoms with Crippen LogP contribution in [0.1, 0.15) is 26.7 Å². The molecule has 0 aliphatic heterocycles. The lowest BCUT2D eigenvalue weighted by molar-refractivity contribution is -0.147. The predicted molar refractivity (Wildman–Crippen MR) is 42.3 cm³/mol. The molecule has 3 heteroatoms. The summed E-state index contributed by atoms with van der Waals surface area (Å²) in [6, 6.07) is 0. The summed E-state index contributed by atoms with van der Waals surface area (Å²) in [5, 5.41) is 0. The zero-order chi connectivity index (χ0) is 8.69. The Morgan fingerprint density at radius 2 is 2.09 bits per heavy atom. The minimum Gasteiger partial charge on any atom is -0.463 e. The van der Waals surface area contributed by atoms with Gasteiger partial charge in [0, 0.05) is 20.1 Å². The van der Waals surface area contributed by atoms with Gasteiger partial charge in [0.05, 0.1) is 6.10 Å². The highest BCUT2D eigenvalue weighted by Crippen LogP contribution is 1.96. The van der Waals surface area contributed by atoms with Crippen molar-refractivity contribution >= 4 is 5.97 Å². The monoisotopic (exact) mass is 160 g/mol. The van der Waals surface area contributed by atoms with Crippen molar-refractivity contribution in [2.24, 2.45) is 0 Å². The van der Waals surface area contributed by atoms with E-state index in [1.807, 2.05) is 13.8 Å². The van der Waals surface area contributed by atoms with Crippen molar-refractivity contribution in [2.45, 2.75) is 32.8 Å². The number of hydrogen-bond donors (Lipinski definition) is 0. The van der Waals surface area contributed by atoms with E-state index in [2.05, 4.69) is 0 Å². The summed E-state index contributed by atoms with van der Waals surface area (Å²) >= 11 is 0. The minimum absolute atomic E-state index is 0.00922. The molecule has 0 aliphatic rings. The van der Waals surface area contributed by atoms with E-state index >= 15 is 0 Å². The first-order valence-electron chi connectivity index (χ1n) is 3.85. The third kappa shape index (κ3) is 7.33. The molecule has 0 radical (unpaired) electrons. The zero-order valence-electron chi connectivity index (χ0n) is 7.42. The molecular weight excluding hydrogens is 144 g/mol. The van der Waals surface area contributed by atoms with E-state index in [1.165, 1.54) is 0 Å². The van der Waals surface area contributed by atoms with Crippen molar-refractivity contribution in [3.05, 3.63) is 0 Å². The van der Waals surface area contributed by atoms with Gasteiger partial charge in [0.2, 0.25) is 0 Å². The number of ether oxygens (including phenoxy) is 2. The van der Waals surface area contributed by atoms with Crippen LogP contribution in [0, 0.1) is 0 Å². The lowest BCUT2D eigenvalue weighted by Crippen LogP contribution is -2.11. The number of hydrogen-bond acceptors (Lipinski definition) is 3. The van der Waals surface area contributed by atoms with Crippen LogP contribution in [0.25, 0.3) is 0 Å². The quantitative estimate of drug-likeness (QED) is 0.450. The van der Waals surface area contributed by atoms with Crippen molar-refractivity contribution in [3.63, 3.8) is 0 Å². The van der Waals surface area contributed by atoms with Crippen LogP contribution in [-0.2, 0) is 14.3 Å². The molecule has 0 unspecified atom stereocenters. The van der Waals surface area contributed by atoms with Crippen LogP contribution in [-0.4, -0.2) is 25.8 Å². The summed E-state index contributed by atoms with van der Waals surface area (Å²) in [4.78, 5) is 10.9. The van der Waals surface area contributed by atoms with Gasteiger partial charge in [-0.25, -0.2) is 0 Å². The van der Waals surface area contributed by atoms with Crippen molar-refractivity contribution in [2.75, 3.05) is 13.7 Å². The second-order valence-electron chi connectivity index (χ2n) is 2.63. The summed E-state index contributed by atoms with van der Waals surface area (Å²) in [5.41, 5.74) is 0. The van der Waals surface area contributed by atoms with Crippen molar-refractivity contribution in [3.8, 4) is 0 Å². The van der Waals surface area contributed by atoms with Gasteiger partial charge in [0.15, 0.2) is 0 Å². The Bertz CT molecular complexity index is 110. The maximum Gasteiger partial charge on any atom is 0.306 e. The molecule has 0 saturated carbocycles. The second-order valence-corrected chi connectivity index (χ2v) is 2.63. The van der Waals surface area contributed by atoms with Gasteiger partial charge >= 0.3 is 5.97 Å². The topological polar surface area (TPSA) is 35.5 Å². The fraction of sp³-hybridized carbons (Fsp3) is 0.875. The maximum absolute atomic E-state index is 10.9. The molecule has 0 aromatic rings. The molecule has 0 spiro atoms. The van der Waals surface area contributed by atoms with E-state index in [0.717, 1.165) is 6.42 Å². The molecule has 0 aromatic carbocycles. The fourth-order valence-electron chi connectivity index (χ4n) is 0.683. The highest BCUT2D eigenvalue weighted by molar-refractivity contribution is 5.69. The normalized spacial score (nSPS) is 10.2. The van der Waals surface area contributed by atoms with Crippen molar-refractivity contribution in [1.82, 2.24) is 0 Å². The molecule has 0 N–H and O–H groups in total. The molecule has 0 aliphatic carbocycles. The Morgan fingerprint density at radius 1 is 1.45 bits per heavy atom. The van der Waals surface area contributed by atoms with Gasteiger partial charge in [-0.3, -0.25) is 4.79 Å². The van der Waals surface area contributed by atoms with Crippen molar-refractivity contribution in [1.29, 1.82) is 0 Å². The van der Waals surface area contributed by atoms with Gasteiger partial charge in [0.25, 0.3) is 0 Å². The average Bonchev–Trinajstić information content (AvgIpc) is 1.86. The SMILES string of the molecule is COCCCC(=O)OC(C)C. The molecule has 0 bridgehead atoms. The Balaban J connectivity index is 3.23. The first-order chi connectivity index (χ1) is 5.16. The molecule has 0 fully saturated rings. The van der Waals surface area contributed by atoms with Gasteiger partial charge in [-0.1, -0.05) is 0 Å². The molecule has 11 heavy (non-hydrogen) atoms. The Labute approximate surface area is 67.7 Å². The van der Waals surface area contributed by atoms with Gasteiger partial charge in [-0.15, -0.1) is 0 Å². The van der Waals surface area contributed by atoms with E-state index in [-0.39, 0.29) is 12.1 Å². The summed E-state index contributed by atoms with van der Waals surface area (Å²) in [5.74, 6) is -0.142. The second kappa shape index (κ2) is 6.16.